The molecule has 0 aliphatic carbocycles. The first kappa shape index (κ1) is 17.7. The molecule has 2 aromatic rings. The molecular formula is C17H15NO5S. The van der Waals surface area contributed by atoms with E-state index in [4.69, 9.17) is 0 Å². The summed E-state index contributed by atoms with van der Waals surface area (Å²) in [5.74, 6) is -1.31. The Bertz CT molecular complexity index is 806. The molecule has 1 N–H and O–H groups in total. The lowest BCUT2D eigenvalue weighted by molar-refractivity contribution is -0.385. The minimum atomic E-state index is -1.73. The number of rotatable bonds is 5. The van der Waals surface area contributed by atoms with E-state index in [9.17, 15) is 24.8 Å². The molecule has 0 aliphatic heterocycles. The fourth-order valence-electron chi connectivity index (χ4n) is 2.40. The van der Waals surface area contributed by atoms with Crippen molar-refractivity contribution in [2.24, 2.45) is 0 Å². The van der Waals surface area contributed by atoms with Gasteiger partial charge in [0.15, 0.2) is 5.12 Å². The third kappa shape index (κ3) is 3.46. The summed E-state index contributed by atoms with van der Waals surface area (Å²) in [6, 6.07) is 13.4. The highest BCUT2D eigenvalue weighted by Gasteiger charge is 2.42. The second-order valence-corrected chi connectivity index (χ2v) is 6.88. The van der Waals surface area contributed by atoms with Crippen LogP contribution in [0.4, 0.5) is 5.69 Å². The van der Waals surface area contributed by atoms with E-state index in [-0.39, 0.29) is 11.3 Å². The molecule has 0 aliphatic rings. The van der Waals surface area contributed by atoms with Gasteiger partial charge >= 0.3 is 5.97 Å². The fourth-order valence-corrected chi connectivity index (χ4v) is 3.34. The number of carboxylic acid groups (broad SMARTS) is 1. The average Bonchev–Trinajstić information content (AvgIpc) is 2.54. The second-order valence-electron chi connectivity index (χ2n) is 5.29. The number of nitro benzene ring substituents is 1. The van der Waals surface area contributed by atoms with Crippen LogP contribution in [-0.4, -0.2) is 21.1 Å². The van der Waals surface area contributed by atoms with Gasteiger partial charge in [0.2, 0.25) is 0 Å². The van der Waals surface area contributed by atoms with Gasteiger partial charge < -0.3 is 5.11 Å². The van der Waals surface area contributed by atoms with Gasteiger partial charge in [-0.1, -0.05) is 48.2 Å². The number of benzene rings is 2. The lowest BCUT2D eigenvalue weighted by Gasteiger charge is -2.23. The van der Waals surface area contributed by atoms with Gasteiger partial charge in [-0.25, -0.2) is 0 Å². The maximum atomic E-state index is 11.7. The predicted molar refractivity (Wildman–Crippen MR) is 91.8 cm³/mol. The quantitative estimate of drug-likeness (QED) is 0.653. The van der Waals surface area contributed by atoms with Crippen molar-refractivity contribution in [2.45, 2.75) is 18.6 Å². The van der Waals surface area contributed by atoms with Crippen LogP contribution in [0.5, 0.6) is 0 Å². The zero-order chi connectivity index (χ0) is 17.9. The van der Waals surface area contributed by atoms with E-state index in [0.717, 1.165) is 5.56 Å². The van der Waals surface area contributed by atoms with Crippen molar-refractivity contribution in [3.63, 3.8) is 0 Å². The SMILES string of the molecule is CC(=O)SC(C)(C(=O)O)c1ccc(-c2ccccc2)cc1[N+](=O)[O-]. The molecule has 1 atom stereocenters. The highest BCUT2D eigenvalue weighted by molar-refractivity contribution is 8.14. The fraction of sp³-hybridized carbons (Fsp3) is 0.176. The molecule has 0 amide bonds. The van der Waals surface area contributed by atoms with Crippen molar-refractivity contribution in [2.75, 3.05) is 0 Å². The molecule has 24 heavy (non-hydrogen) atoms. The molecule has 0 bridgehead atoms. The summed E-state index contributed by atoms with van der Waals surface area (Å²) in [5.41, 5.74) is 1.05. The summed E-state index contributed by atoms with van der Waals surface area (Å²) in [6.45, 7) is 2.53. The smallest absolute Gasteiger partial charge is 0.324 e. The Balaban J connectivity index is 2.64. The van der Waals surface area contributed by atoms with E-state index in [1.165, 1.54) is 26.0 Å². The van der Waals surface area contributed by atoms with Crippen LogP contribution in [0, 0.1) is 10.1 Å². The number of hydrogen-bond donors (Lipinski definition) is 1. The molecule has 0 fully saturated rings. The van der Waals surface area contributed by atoms with Gasteiger partial charge in [-0.15, -0.1) is 0 Å². The third-order valence-electron chi connectivity index (χ3n) is 3.57. The Hall–Kier alpha value is -2.67. The van der Waals surface area contributed by atoms with Crippen LogP contribution in [-0.2, 0) is 14.3 Å². The van der Waals surface area contributed by atoms with Crippen molar-refractivity contribution in [3.05, 3.63) is 64.2 Å². The topological polar surface area (TPSA) is 97.5 Å². The minimum absolute atomic E-state index is 0.0140. The van der Waals surface area contributed by atoms with Gasteiger partial charge in [-0.3, -0.25) is 19.7 Å². The van der Waals surface area contributed by atoms with Gasteiger partial charge in [-0.2, -0.15) is 0 Å². The summed E-state index contributed by atoms with van der Waals surface area (Å²) in [7, 11) is 0. The van der Waals surface area contributed by atoms with E-state index < -0.39 is 20.8 Å². The van der Waals surface area contributed by atoms with Crippen LogP contribution in [0.1, 0.15) is 19.4 Å². The second kappa shape index (κ2) is 6.84. The molecule has 0 heterocycles. The molecule has 7 heteroatoms. The van der Waals surface area contributed by atoms with Crippen LogP contribution in [0.15, 0.2) is 48.5 Å². The number of carboxylic acids is 1. The number of carbonyl (C=O) groups is 2. The van der Waals surface area contributed by atoms with E-state index in [2.05, 4.69) is 0 Å². The Kier molecular flexibility index (Phi) is 5.04. The van der Waals surface area contributed by atoms with Gasteiger partial charge in [0.1, 0.15) is 4.75 Å². The van der Waals surface area contributed by atoms with Crippen LogP contribution >= 0.6 is 11.8 Å². The van der Waals surface area contributed by atoms with Gasteiger partial charge in [0.25, 0.3) is 5.69 Å². The van der Waals surface area contributed by atoms with Crippen LogP contribution in [0.25, 0.3) is 11.1 Å². The zero-order valence-corrected chi connectivity index (χ0v) is 13.9. The molecule has 2 aromatic carbocycles. The highest BCUT2D eigenvalue weighted by Crippen LogP contribution is 2.42. The summed E-state index contributed by atoms with van der Waals surface area (Å²) in [4.78, 5) is 34.0. The number of carbonyl (C=O) groups excluding carboxylic acids is 1. The molecule has 124 valence electrons. The highest BCUT2D eigenvalue weighted by atomic mass is 32.2. The standard InChI is InChI=1S/C17H15NO5S/c1-11(19)24-17(2,16(20)21)14-9-8-13(10-15(14)18(22)23)12-6-4-3-5-7-12/h3-10H,1-2H3,(H,20,21). The number of thioether (sulfide) groups is 1. The first-order chi connectivity index (χ1) is 11.3. The van der Waals surface area contributed by atoms with Crippen molar-refractivity contribution < 1.29 is 19.6 Å². The Morgan fingerprint density at radius 2 is 1.75 bits per heavy atom. The Morgan fingerprint density at radius 1 is 1.12 bits per heavy atom. The lowest BCUT2D eigenvalue weighted by atomic mass is 9.94. The minimum Gasteiger partial charge on any atom is -0.480 e. The largest absolute Gasteiger partial charge is 0.480 e. The van der Waals surface area contributed by atoms with Crippen molar-refractivity contribution in [3.8, 4) is 11.1 Å². The zero-order valence-electron chi connectivity index (χ0n) is 13.1. The van der Waals surface area contributed by atoms with Gasteiger partial charge in [0.05, 0.1) is 10.5 Å². The van der Waals surface area contributed by atoms with E-state index in [0.29, 0.717) is 17.3 Å². The Morgan fingerprint density at radius 3 is 2.25 bits per heavy atom. The summed E-state index contributed by atoms with van der Waals surface area (Å²) >= 11 is 0.553. The molecule has 6 nitrogen and oxygen atoms in total. The number of nitro groups is 1. The van der Waals surface area contributed by atoms with Crippen molar-refractivity contribution in [1.29, 1.82) is 0 Å². The molecule has 2 rings (SSSR count). The average molecular weight is 345 g/mol. The molecule has 0 radical (unpaired) electrons. The summed E-state index contributed by atoms with van der Waals surface area (Å²) in [5, 5.41) is 20.6. The van der Waals surface area contributed by atoms with Gasteiger partial charge in [-0.05, 0) is 24.1 Å². The van der Waals surface area contributed by atoms with E-state index in [1.807, 2.05) is 18.2 Å². The first-order valence-electron chi connectivity index (χ1n) is 7.03. The molecule has 1 unspecified atom stereocenters. The van der Waals surface area contributed by atoms with Crippen LogP contribution < -0.4 is 0 Å². The molecule has 0 saturated carbocycles. The predicted octanol–water partition coefficient (Wildman–Crippen LogP) is 3.84. The van der Waals surface area contributed by atoms with Crippen LogP contribution in [0.3, 0.4) is 0 Å². The monoisotopic (exact) mass is 345 g/mol. The lowest BCUT2D eigenvalue weighted by Crippen LogP contribution is -2.30. The van der Waals surface area contributed by atoms with E-state index in [1.54, 1.807) is 18.2 Å². The molecule has 0 saturated heterocycles. The molecule has 0 aromatic heterocycles. The summed E-state index contributed by atoms with van der Waals surface area (Å²) < 4.78 is -1.73. The van der Waals surface area contributed by atoms with Crippen molar-refractivity contribution >= 4 is 28.5 Å². The number of hydrogen-bond acceptors (Lipinski definition) is 5. The maximum Gasteiger partial charge on any atom is 0.324 e. The van der Waals surface area contributed by atoms with Gasteiger partial charge in [0, 0.05) is 13.0 Å². The molecule has 0 spiro atoms. The van der Waals surface area contributed by atoms with E-state index >= 15 is 0 Å². The number of aliphatic carboxylic acids is 1. The third-order valence-corrected chi connectivity index (χ3v) is 4.66. The maximum absolute atomic E-state index is 11.7. The summed E-state index contributed by atoms with van der Waals surface area (Å²) in [6.07, 6.45) is 0. The Labute approximate surface area is 142 Å². The van der Waals surface area contributed by atoms with Crippen LogP contribution in [0.2, 0.25) is 0 Å². The van der Waals surface area contributed by atoms with Crippen molar-refractivity contribution in [1.82, 2.24) is 0 Å². The molecular weight excluding hydrogens is 330 g/mol. The first-order valence-corrected chi connectivity index (χ1v) is 7.84. The number of nitrogens with zero attached hydrogens (tertiary/aromatic N) is 1. The normalized spacial score (nSPS) is 13.1.